The molecule has 0 spiro atoms. The summed E-state index contributed by atoms with van der Waals surface area (Å²) in [6, 6.07) is 17.8. The van der Waals surface area contributed by atoms with Crippen molar-refractivity contribution in [1.82, 2.24) is 9.47 Å². The second-order valence-corrected chi connectivity index (χ2v) is 7.18. The zero-order valence-electron chi connectivity index (χ0n) is 15.1. The van der Waals surface area contributed by atoms with E-state index in [1.54, 1.807) is 12.1 Å². The molecule has 0 unspecified atom stereocenters. The second-order valence-electron chi connectivity index (χ2n) is 7.18. The first-order chi connectivity index (χ1) is 12.6. The van der Waals surface area contributed by atoms with E-state index in [2.05, 4.69) is 29.7 Å². The number of aromatic hydroxyl groups is 1. The zero-order valence-corrected chi connectivity index (χ0v) is 15.1. The van der Waals surface area contributed by atoms with Crippen LogP contribution in [0.3, 0.4) is 0 Å². The van der Waals surface area contributed by atoms with Gasteiger partial charge in [0.2, 0.25) is 5.91 Å². The number of rotatable bonds is 3. The van der Waals surface area contributed by atoms with Crippen LogP contribution in [0.5, 0.6) is 5.75 Å². The van der Waals surface area contributed by atoms with Gasteiger partial charge in [0.25, 0.3) is 0 Å². The average molecular weight is 348 g/mol. The molecule has 1 fully saturated rings. The number of amides is 1. The third-order valence-corrected chi connectivity index (χ3v) is 5.52. The third kappa shape index (κ3) is 3.19. The molecule has 0 radical (unpaired) electrons. The van der Waals surface area contributed by atoms with Crippen molar-refractivity contribution in [3.63, 3.8) is 0 Å². The number of carbonyl (C=O) groups excluding carboxylic acids is 1. The standard InChI is InChI=1S/C22H24N2O2/c1-16-14-19-4-2-3-5-21(19)24(16)15-22(26)23-12-10-18(11-13-23)17-6-8-20(25)9-7-17/h2-9,14,18,25H,10-13,15H2,1H3. The molecule has 0 bridgehead atoms. The highest BCUT2D eigenvalue weighted by molar-refractivity contribution is 5.84. The number of phenols is 1. The summed E-state index contributed by atoms with van der Waals surface area (Å²) in [5, 5.41) is 10.6. The Kier molecular flexibility index (Phi) is 4.41. The third-order valence-electron chi connectivity index (χ3n) is 5.52. The van der Waals surface area contributed by atoms with Gasteiger partial charge < -0.3 is 14.6 Å². The molecule has 1 aliphatic heterocycles. The fourth-order valence-corrected chi connectivity index (χ4v) is 4.00. The summed E-state index contributed by atoms with van der Waals surface area (Å²) in [6.07, 6.45) is 1.95. The van der Waals surface area contributed by atoms with Crippen molar-refractivity contribution in [2.45, 2.75) is 32.2 Å². The number of aryl methyl sites for hydroxylation is 1. The summed E-state index contributed by atoms with van der Waals surface area (Å²) in [6.45, 7) is 4.05. The first-order valence-electron chi connectivity index (χ1n) is 9.23. The molecule has 1 amide bonds. The van der Waals surface area contributed by atoms with Crippen molar-refractivity contribution in [3.8, 4) is 5.75 Å². The number of likely N-dealkylation sites (tertiary alicyclic amines) is 1. The minimum atomic E-state index is 0.193. The number of piperidine rings is 1. The maximum Gasteiger partial charge on any atom is 0.242 e. The van der Waals surface area contributed by atoms with Gasteiger partial charge in [0, 0.05) is 24.3 Å². The molecule has 2 aromatic carbocycles. The molecule has 3 aromatic rings. The van der Waals surface area contributed by atoms with E-state index in [-0.39, 0.29) is 5.91 Å². The summed E-state index contributed by atoms with van der Waals surface area (Å²) in [5.41, 5.74) is 3.50. The Morgan fingerprint density at radius 2 is 1.77 bits per heavy atom. The SMILES string of the molecule is Cc1cc2ccccc2n1CC(=O)N1CCC(c2ccc(O)cc2)CC1. The molecule has 2 heterocycles. The molecular weight excluding hydrogens is 324 g/mol. The number of fused-ring (bicyclic) bond motifs is 1. The van der Waals surface area contributed by atoms with E-state index in [0.29, 0.717) is 18.2 Å². The molecule has 0 atom stereocenters. The number of carbonyl (C=O) groups is 1. The molecule has 0 saturated carbocycles. The summed E-state index contributed by atoms with van der Waals surface area (Å²) < 4.78 is 2.11. The van der Waals surface area contributed by atoms with Gasteiger partial charge in [-0.2, -0.15) is 0 Å². The lowest BCUT2D eigenvalue weighted by atomic mass is 9.89. The van der Waals surface area contributed by atoms with Gasteiger partial charge in [0.15, 0.2) is 0 Å². The van der Waals surface area contributed by atoms with E-state index in [4.69, 9.17) is 0 Å². The number of para-hydroxylation sites is 1. The first-order valence-corrected chi connectivity index (χ1v) is 9.23. The van der Waals surface area contributed by atoms with E-state index in [1.807, 2.05) is 29.2 Å². The highest BCUT2D eigenvalue weighted by atomic mass is 16.3. The smallest absolute Gasteiger partial charge is 0.242 e. The topological polar surface area (TPSA) is 45.5 Å². The lowest BCUT2D eigenvalue weighted by molar-refractivity contribution is -0.132. The Hall–Kier alpha value is -2.75. The fraction of sp³-hybridized carbons (Fsp3) is 0.318. The highest BCUT2D eigenvalue weighted by Gasteiger charge is 2.24. The molecule has 4 heteroatoms. The van der Waals surface area contributed by atoms with Crippen molar-refractivity contribution in [2.24, 2.45) is 0 Å². The Balaban J connectivity index is 1.42. The average Bonchev–Trinajstić information content (AvgIpc) is 2.98. The molecule has 134 valence electrons. The van der Waals surface area contributed by atoms with Crippen LogP contribution >= 0.6 is 0 Å². The number of aromatic nitrogens is 1. The Morgan fingerprint density at radius 1 is 1.08 bits per heavy atom. The van der Waals surface area contributed by atoms with Gasteiger partial charge in [-0.3, -0.25) is 4.79 Å². The summed E-state index contributed by atoms with van der Waals surface area (Å²) in [5.74, 6) is 0.961. The van der Waals surface area contributed by atoms with Crippen LogP contribution in [0.1, 0.15) is 30.0 Å². The van der Waals surface area contributed by atoms with Crippen LogP contribution in [0.25, 0.3) is 10.9 Å². The quantitative estimate of drug-likeness (QED) is 0.776. The second kappa shape index (κ2) is 6.87. The number of hydrogen-bond donors (Lipinski definition) is 1. The lowest BCUT2D eigenvalue weighted by Gasteiger charge is -2.32. The maximum atomic E-state index is 12.8. The van der Waals surface area contributed by atoms with E-state index in [0.717, 1.165) is 37.1 Å². The summed E-state index contributed by atoms with van der Waals surface area (Å²) >= 11 is 0. The molecule has 26 heavy (non-hydrogen) atoms. The molecular formula is C22H24N2O2. The largest absolute Gasteiger partial charge is 0.508 e. The van der Waals surface area contributed by atoms with Gasteiger partial charge in [-0.1, -0.05) is 30.3 Å². The number of hydrogen-bond acceptors (Lipinski definition) is 2. The normalized spacial score (nSPS) is 15.5. The minimum Gasteiger partial charge on any atom is -0.508 e. The Bertz CT molecular complexity index is 919. The molecule has 1 aliphatic rings. The van der Waals surface area contributed by atoms with Crippen LogP contribution in [0.4, 0.5) is 0 Å². The van der Waals surface area contributed by atoms with Gasteiger partial charge in [-0.05, 0) is 60.9 Å². The van der Waals surface area contributed by atoms with Crippen LogP contribution in [0.2, 0.25) is 0 Å². The van der Waals surface area contributed by atoms with Crippen LogP contribution in [-0.2, 0) is 11.3 Å². The maximum absolute atomic E-state index is 12.8. The van der Waals surface area contributed by atoms with E-state index >= 15 is 0 Å². The van der Waals surface area contributed by atoms with Gasteiger partial charge >= 0.3 is 0 Å². The molecule has 1 saturated heterocycles. The van der Waals surface area contributed by atoms with Gasteiger partial charge in [0.1, 0.15) is 12.3 Å². The molecule has 4 rings (SSSR count). The van der Waals surface area contributed by atoms with Crippen molar-refractivity contribution < 1.29 is 9.90 Å². The van der Waals surface area contributed by atoms with Gasteiger partial charge in [-0.15, -0.1) is 0 Å². The lowest BCUT2D eigenvalue weighted by Crippen LogP contribution is -2.39. The zero-order chi connectivity index (χ0) is 18.1. The highest BCUT2D eigenvalue weighted by Crippen LogP contribution is 2.29. The van der Waals surface area contributed by atoms with Crippen molar-refractivity contribution in [2.75, 3.05) is 13.1 Å². The Labute approximate surface area is 153 Å². The molecule has 0 aliphatic carbocycles. The minimum absolute atomic E-state index is 0.193. The number of benzene rings is 2. The van der Waals surface area contributed by atoms with Crippen molar-refractivity contribution in [3.05, 3.63) is 65.9 Å². The molecule has 4 nitrogen and oxygen atoms in total. The summed E-state index contributed by atoms with van der Waals surface area (Å²) in [7, 11) is 0. The van der Waals surface area contributed by atoms with E-state index in [1.165, 1.54) is 10.9 Å². The molecule has 1 N–H and O–H groups in total. The van der Waals surface area contributed by atoms with Crippen LogP contribution in [0.15, 0.2) is 54.6 Å². The van der Waals surface area contributed by atoms with Crippen LogP contribution < -0.4 is 0 Å². The first kappa shape index (κ1) is 16.7. The molecule has 1 aromatic heterocycles. The fourth-order valence-electron chi connectivity index (χ4n) is 4.00. The number of nitrogens with zero attached hydrogens (tertiary/aromatic N) is 2. The van der Waals surface area contributed by atoms with Crippen molar-refractivity contribution >= 4 is 16.8 Å². The van der Waals surface area contributed by atoms with Crippen LogP contribution in [-0.4, -0.2) is 33.6 Å². The van der Waals surface area contributed by atoms with Gasteiger partial charge in [-0.25, -0.2) is 0 Å². The monoisotopic (exact) mass is 348 g/mol. The number of phenolic OH excluding ortho intramolecular Hbond substituents is 1. The van der Waals surface area contributed by atoms with Crippen molar-refractivity contribution in [1.29, 1.82) is 0 Å². The predicted molar refractivity (Wildman–Crippen MR) is 103 cm³/mol. The van der Waals surface area contributed by atoms with E-state index < -0.39 is 0 Å². The van der Waals surface area contributed by atoms with Gasteiger partial charge in [0.05, 0.1) is 0 Å². The summed E-state index contributed by atoms with van der Waals surface area (Å²) in [4.78, 5) is 14.8. The Morgan fingerprint density at radius 3 is 2.50 bits per heavy atom. The predicted octanol–water partition coefficient (Wildman–Crippen LogP) is 4.06. The van der Waals surface area contributed by atoms with E-state index in [9.17, 15) is 9.90 Å². The van der Waals surface area contributed by atoms with Crippen LogP contribution in [0, 0.1) is 6.92 Å².